The SMILES string of the molecule is CC(=O)c1c(C)c2cnc(Nc3ccc(N4CCN(C(=O)CCCCCCC(=O)N[C@H](C(=O)N5C[C@H](O)C[C@H]5C(=O)NCc5ccc(-c6scnc6C)cc5)C(C)(C)C)CC4)cn3)nc2n(C2CCCC2)c1=O. The fraction of sp³-hybridized carbons (Fsp3) is 0.519. The largest absolute Gasteiger partial charge is 0.391 e. The molecule has 0 radical (unpaired) electrons. The third-order valence-electron chi connectivity index (χ3n) is 14.5. The van der Waals surface area contributed by atoms with Gasteiger partial charge < -0.3 is 35.8 Å². The summed E-state index contributed by atoms with van der Waals surface area (Å²) in [5.41, 5.74) is 6.01. The van der Waals surface area contributed by atoms with Crippen LogP contribution in [0.15, 0.2) is 59.1 Å². The number of fused-ring (bicyclic) bond motifs is 1. The van der Waals surface area contributed by atoms with Gasteiger partial charge in [-0.2, -0.15) is 4.98 Å². The van der Waals surface area contributed by atoms with E-state index >= 15 is 0 Å². The number of Topliss-reactive ketones (excluding diaryl/α,β-unsaturated/α-hetero) is 1. The van der Waals surface area contributed by atoms with E-state index in [1.165, 1.54) is 11.8 Å². The molecule has 18 nitrogen and oxygen atoms in total. The smallest absolute Gasteiger partial charge is 0.263 e. The van der Waals surface area contributed by atoms with Gasteiger partial charge >= 0.3 is 0 Å². The number of aliphatic hydroxyl groups excluding tert-OH is 1. The van der Waals surface area contributed by atoms with Gasteiger partial charge in [-0.1, -0.05) is 70.7 Å². The summed E-state index contributed by atoms with van der Waals surface area (Å²) < 4.78 is 1.69. The van der Waals surface area contributed by atoms with E-state index in [1.54, 1.807) is 35.2 Å². The van der Waals surface area contributed by atoms with Crippen LogP contribution in [0.5, 0.6) is 0 Å². The number of nitrogens with one attached hydrogen (secondary N) is 3. The summed E-state index contributed by atoms with van der Waals surface area (Å²) >= 11 is 1.57. The highest BCUT2D eigenvalue weighted by Crippen LogP contribution is 2.33. The first-order valence-electron chi connectivity index (χ1n) is 25.7. The molecule has 1 aliphatic carbocycles. The normalized spacial score (nSPS) is 17.8. The molecule has 3 atom stereocenters. The molecule has 0 bridgehead atoms. The van der Waals surface area contributed by atoms with Crippen molar-refractivity contribution < 1.29 is 29.1 Å². The number of benzene rings is 1. The molecule has 3 aliphatic rings. The Morgan fingerprint density at radius 3 is 2.23 bits per heavy atom. The number of β-amino-alcohol motifs (C(OH)–C–C–N with tert-alkyl or cyclic N) is 1. The Morgan fingerprint density at radius 2 is 1.59 bits per heavy atom. The first-order valence-corrected chi connectivity index (χ1v) is 26.6. The molecule has 2 saturated heterocycles. The molecule has 1 aromatic carbocycles. The van der Waals surface area contributed by atoms with Crippen molar-refractivity contribution in [1.29, 1.82) is 0 Å². The van der Waals surface area contributed by atoms with Crippen LogP contribution in [0, 0.1) is 19.3 Å². The van der Waals surface area contributed by atoms with Crippen LogP contribution < -0.4 is 26.4 Å². The lowest BCUT2D eigenvalue weighted by Gasteiger charge is -2.36. The zero-order valence-electron chi connectivity index (χ0n) is 42.9. The third-order valence-corrected chi connectivity index (χ3v) is 15.5. The van der Waals surface area contributed by atoms with Crippen molar-refractivity contribution in [3.05, 3.63) is 87.0 Å². The molecule has 3 fully saturated rings. The number of unbranched alkanes of at least 4 members (excludes halogenated alkanes) is 3. The van der Waals surface area contributed by atoms with Crippen LogP contribution >= 0.6 is 11.3 Å². The maximum Gasteiger partial charge on any atom is 0.263 e. The van der Waals surface area contributed by atoms with Gasteiger partial charge in [0.05, 0.1) is 39.6 Å². The van der Waals surface area contributed by atoms with Crippen molar-refractivity contribution in [2.24, 2.45) is 5.41 Å². The number of rotatable bonds is 18. The average molecular weight is 1020 g/mol. The number of hydrogen-bond donors (Lipinski definition) is 4. The molecule has 4 N–H and O–H groups in total. The second-order valence-electron chi connectivity index (χ2n) is 20.9. The van der Waals surface area contributed by atoms with Crippen LogP contribution in [0.4, 0.5) is 17.5 Å². The van der Waals surface area contributed by atoms with Crippen LogP contribution in [0.3, 0.4) is 0 Å². The Labute approximate surface area is 430 Å². The number of likely N-dealkylation sites (tertiary alicyclic amines) is 1. The number of carbonyl (C=O) groups excluding carboxylic acids is 5. The Hall–Kier alpha value is -6.60. The first-order chi connectivity index (χ1) is 35.0. The number of carbonyl (C=O) groups is 5. The topological polar surface area (TPSA) is 225 Å². The number of pyridine rings is 2. The minimum absolute atomic E-state index is 0.00510. The molecule has 6 heterocycles. The van der Waals surface area contributed by atoms with Gasteiger partial charge in [0.2, 0.25) is 29.6 Å². The lowest BCUT2D eigenvalue weighted by Crippen LogP contribution is -2.57. The zero-order valence-corrected chi connectivity index (χ0v) is 43.7. The number of ketones is 1. The summed E-state index contributed by atoms with van der Waals surface area (Å²) in [6, 6.07) is 9.94. The Morgan fingerprint density at radius 1 is 0.877 bits per heavy atom. The van der Waals surface area contributed by atoms with Crippen LogP contribution in [0.25, 0.3) is 21.5 Å². The van der Waals surface area contributed by atoms with Crippen molar-refractivity contribution in [2.45, 2.75) is 143 Å². The number of nitrogens with zero attached hydrogens (tertiary/aromatic N) is 8. The maximum absolute atomic E-state index is 14.1. The quantitative estimate of drug-likeness (QED) is 0.0525. The number of hydrogen-bond acceptors (Lipinski definition) is 14. The third kappa shape index (κ3) is 12.4. The molecule has 4 amide bonds. The molecule has 388 valence electrons. The number of piperazine rings is 1. The molecule has 4 aromatic heterocycles. The Kier molecular flexibility index (Phi) is 16.7. The molecule has 2 aliphatic heterocycles. The molecule has 1 saturated carbocycles. The fourth-order valence-electron chi connectivity index (χ4n) is 10.4. The van der Waals surface area contributed by atoms with Crippen LogP contribution in [0.1, 0.15) is 132 Å². The summed E-state index contributed by atoms with van der Waals surface area (Å²) in [4.78, 5) is 105. The van der Waals surface area contributed by atoms with E-state index in [4.69, 9.17) is 4.98 Å². The zero-order chi connectivity index (χ0) is 52.0. The first kappa shape index (κ1) is 52.7. The van der Waals surface area contributed by atoms with Gasteiger partial charge in [-0.3, -0.25) is 33.3 Å². The van der Waals surface area contributed by atoms with Gasteiger partial charge in [0.15, 0.2) is 5.78 Å². The second-order valence-corrected chi connectivity index (χ2v) is 21.7. The van der Waals surface area contributed by atoms with Gasteiger partial charge in [-0.25, -0.2) is 15.0 Å². The van der Waals surface area contributed by atoms with Gasteiger partial charge in [-0.15, -0.1) is 11.3 Å². The predicted molar refractivity (Wildman–Crippen MR) is 282 cm³/mol. The summed E-state index contributed by atoms with van der Waals surface area (Å²) in [6.45, 7) is 13.6. The summed E-state index contributed by atoms with van der Waals surface area (Å²) in [7, 11) is 0. The van der Waals surface area contributed by atoms with Crippen molar-refractivity contribution >= 4 is 69.2 Å². The van der Waals surface area contributed by atoms with Gasteiger partial charge in [-0.05, 0) is 80.7 Å². The van der Waals surface area contributed by atoms with E-state index in [0.29, 0.717) is 73.8 Å². The van der Waals surface area contributed by atoms with Gasteiger partial charge in [0.1, 0.15) is 23.5 Å². The van der Waals surface area contributed by atoms with Crippen LogP contribution in [-0.4, -0.2) is 120 Å². The van der Waals surface area contributed by atoms with Crippen molar-refractivity contribution in [3.8, 4) is 10.4 Å². The number of aliphatic hydroxyl groups is 1. The number of thiazole rings is 1. The molecule has 5 aromatic rings. The monoisotopic (exact) mass is 1020 g/mol. The van der Waals surface area contributed by atoms with Crippen molar-refractivity contribution in [1.82, 2.24) is 44.9 Å². The lowest BCUT2D eigenvalue weighted by atomic mass is 9.85. The molecule has 8 rings (SSSR count). The van der Waals surface area contributed by atoms with Crippen LogP contribution in [0.2, 0.25) is 0 Å². The molecule has 73 heavy (non-hydrogen) atoms. The van der Waals surface area contributed by atoms with Crippen molar-refractivity contribution in [3.63, 3.8) is 0 Å². The minimum Gasteiger partial charge on any atom is -0.391 e. The lowest BCUT2D eigenvalue weighted by molar-refractivity contribution is -0.144. The Balaban J connectivity index is 0.745. The fourth-order valence-corrected chi connectivity index (χ4v) is 11.2. The number of anilines is 3. The van der Waals surface area contributed by atoms with E-state index in [1.807, 2.05) is 74.5 Å². The van der Waals surface area contributed by atoms with E-state index in [9.17, 15) is 33.9 Å². The van der Waals surface area contributed by atoms with E-state index in [-0.39, 0.29) is 66.6 Å². The van der Waals surface area contributed by atoms with Crippen LogP contribution in [-0.2, 0) is 25.7 Å². The van der Waals surface area contributed by atoms with Gasteiger partial charge in [0.25, 0.3) is 5.56 Å². The molecule has 0 unspecified atom stereocenters. The number of aryl methyl sites for hydroxylation is 2. The summed E-state index contributed by atoms with van der Waals surface area (Å²) in [5, 5.41) is 20.4. The van der Waals surface area contributed by atoms with Gasteiger partial charge in [0, 0.05) is 76.2 Å². The van der Waals surface area contributed by atoms with E-state index in [0.717, 1.165) is 65.9 Å². The van der Waals surface area contributed by atoms with Crippen molar-refractivity contribution in [2.75, 3.05) is 42.9 Å². The highest BCUT2D eigenvalue weighted by atomic mass is 32.1. The molecular weight excluding hydrogens is 947 g/mol. The summed E-state index contributed by atoms with van der Waals surface area (Å²) in [6.07, 6.45) is 9.96. The average Bonchev–Trinajstić information content (AvgIpc) is 4.15. The molecular formula is C54H69N11O7S. The maximum atomic E-state index is 14.1. The number of aromatic nitrogens is 5. The highest BCUT2D eigenvalue weighted by Gasteiger charge is 2.44. The van der Waals surface area contributed by atoms with E-state index in [2.05, 4.69) is 35.8 Å². The minimum atomic E-state index is -0.898. The summed E-state index contributed by atoms with van der Waals surface area (Å²) in [5.74, 6) is -0.309. The van der Waals surface area contributed by atoms with E-state index < -0.39 is 29.5 Å². The molecule has 0 spiro atoms. The highest BCUT2D eigenvalue weighted by molar-refractivity contribution is 7.13. The second kappa shape index (κ2) is 23.1. The number of amides is 4. The Bertz CT molecular complexity index is 2860. The standard InChI is InChI=1S/C54H69N11O7S/c1-33-41-30-57-53(61-49(41)65(38-13-11-12-14-38)51(71)46(33)35(3)66)59-43-22-21-39(29-55-43)62-23-25-63(26-24-62)45(69)16-10-8-7-9-15-44(68)60-48(54(4,5)6)52(72)64-31-40(67)27-42(64)50(70)56-28-36-17-19-37(20-18-36)47-34(2)58-32-73-47/h17-22,29-30,32,38,40,42,48,67H,7-16,23-28,31H2,1-6H3,(H,56,70)(H,60,68)(H,55,57,59,61)/t40-,42+,48-/m1/s1. The molecule has 19 heteroatoms. The predicted octanol–water partition coefficient (Wildman–Crippen LogP) is 6.79.